The van der Waals surface area contributed by atoms with E-state index in [0.717, 1.165) is 10.2 Å². The highest BCUT2D eigenvalue weighted by Crippen LogP contribution is 2.34. The molecular formula is C13H15N3O2S. The Kier molecular flexibility index (Phi) is 2.72. The van der Waals surface area contributed by atoms with Gasteiger partial charge in [0, 0.05) is 24.7 Å². The molecule has 1 aliphatic rings. The standard InChI is InChI=1S/C13H15N3O2S/c1-13(18)4-6-16(7-13)12(17)10-9(14)8-3-2-5-15-11(8)19-10/h2-3,5,18H,4,6-7,14H2,1H3. The Hall–Kier alpha value is -1.66. The summed E-state index contributed by atoms with van der Waals surface area (Å²) < 4.78 is 0. The van der Waals surface area contributed by atoms with Gasteiger partial charge in [0.15, 0.2) is 0 Å². The molecule has 2 aromatic rings. The second-order valence-electron chi connectivity index (χ2n) is 5.17. The van der Waals surface area contributed by atoms with E-state index < -0.39 is 5.60 Å². The van der Waals surface area contributed by atoms with Gasteiger partial charge in [-0.25, -0.2) is 4.98 Å². The molecule has 6 heteroatoms. The van der Waals surface area contributed by atoms with Crippen LogP contribution in [-0.4, -0.2) is 39.6 Å². The Balaban J connectivity index is 1.96. The summed E-state index contributed by atoms with van der Waals surface area (Å²) in [5.74, 6) is -0.113. The second-order valence-corrected chi connectivity index (χ2v) is 6.17. The van der Waals surface area contributed by atoms with Crippen LogP contribution in [-0.2, 0) is 0 Å². The van der Waals surface area contributed by atoms with Crippen LogP contribution < -0.4 is 5.73 Å². The molecule has 0 aromatic carbocycles. The summed E-state index contributed by atoms with van der Waals surface area (Å²) in [5, 5.41) is 10.8. The number of nitrogens with zero attached hydrogens (tertiary/aromatic N) is 2. The number of amides is 1. The Morgan fingerprint density at radius 1 is 1.63 bits per heavy atom. The fourth-order valence-corrected chi connectivity index (χ4v) is 3.40. The van der Waals surface area contributed by atoms with Gasteiger partial charge in [-0.15, -0.1) is 11.3 Å². The summed E-state index contributed by atoms with van der Waals surface area (Å²) in [6.45, 7) is 2.66. The normalized spacial score (nSPS) is 23.2. The number of aliphatic hydroxyl groups is 1. The van der Waals surface area contributed by atoms with Gasteiger partial charge in [-0.05, 0) is 25.5 Å². The second kappa shape index (κ2) is 4.18. The van der Waals surface area contributed by atoms with Gasteiger partial charge in [-0.1, -0.05) is 0 Å². The van der Waals surface area contributed by atoms with E-state index in [4.69, 9.17) is 5.73 Å². The third-order valence-electron chi connectivity index (χ3n) is 3.44. The molecule has 1 amide bonds. The van der Waals surface area contributed by atoms with Crippen molar-refractivity contribution in [1.29, 1.82) is 0 Å². The lowest BCUT2D eigenvalue weighted by atomic mass is 10.1. The molecule has 0 spiro atoms. The zero-order valence-corrected chi connectivity index (χ0v) is 11.4. The highest BCUT2D eigenvalue weighted by atomic mass is 32.1. The Morgan fingerprint density at radius 2 is 2.42 bits per heavy atom. The fraction of sp³-hybridized carbons (Fsp3) is 0.385. The van der Waals surface area contributed by atoms with Gasteiger partial charge in [0.05, 0.1) is 11.3 Å². The van der Waals surface area contributed by atoms with Crippen LogP contribution in [0.2, 0.25) is 0 Å². The molecule has 1 atom stereocenters. The lowest BCUT2D eigenvalue weighted by molar-refractivity contribution is 0.0575. The number of β-amino-alcohol motifs (C(OH)–C–C–N with tert-alkyl or cyclic N) is 1. The molecule has 0 radical (unpaired) electrons. The number of fused-ring (bicyclic) bond motifs is 1. The van der Waals surface area contributed by atoms with Crippen molar-refractivity contribution in [3.8, 4) is 0 Å². The van der Waals surface area contributed by atoms with Gasteiger partial charge in [0.1, 0.15) is 9.71 Å². The van der Waals surface area contributed by atoms with Gasteiger partial charge < -0.3 is 15.7 Å². The maximum Gasteiger partial charge on any atom is 0.266 e. The van der Waals surface area contributed by atoms with Gasteiger partial charge in [-0.3, -0.25) is 4.79 Å². The van der Waals surface area contributed by atoms with E-state index in [2.05, 4.69) is 4.98 Å². The number of carbonyl (C=O) groups excluding carboxylic acids is 1. The summed E-state index contributed by atoms with van der Waals surface area (Å²) in [5.41, 5.74) is 5.73. The van der Waals surface area contributed by atoms with Crippen LogP contribution in [0.5, 0.6) is 0 Å². The average molecular weight is 277 g/mol. The SMILES string of the molecule is CC1(O)CCN(C(=O)c2sc3ncccc3c2N)C1. The number of nitrogen functional groups attached to an aromatic ring is 1. The number of pyridine rings is 1. The van der Waals surface area contributed by atoms with Crippen molar-refractivity contribution in [3.63, 3.8) is 0 Å². The van der Waals surface area contributed by atoms with E-state index in [-0.39, 0.29) is 5.91 Å². The third kappa shape index (κ3) is 2.06. The molecule has 1 fully saturated rings. The fourth-order valence-electron chi connectivity index (χ4n) is 2.37. The van der Waals surface area contributed by atoms with E-state index in [9.17, 15) is 9.90 Å². The summed E-state index contributed by atoms with van der Waals surface area (Å²) >= 11 is 1.31. The summed E-state index contributed by atoms with van der Waals surface area (Å²) in [6.07, 6.45) is 2.29. The lowest BCUT2D eigenvalue weighted by Gasteiger charge is -2.18. The summed E-state index contributed by atoms with van der Waals surface area (Å²) in [6, 6.07) is 3.67. The number of hydrogen-bond donors (Lipinski definition) is 2. The van der Waals surface area contributed by atoms with Crippen LogP contribution >= 0.6 is 11.3 Å². The van der Waals surface area contributed by atoms with Crippen LogP contribution in [0.4, 0.5) is 5.69 Å². The number of carbonyl (C=O) groups is 1. The van der Waals surface area contributed by atoms with Crippen LogP contribution in [0, 0.1) is 0 Å². The van der Waals surface area contributed by atoms with E-state index >= 15 is 0 Å². The number of rotatable bonds is 1. The number of aromatic nitrogens is 1. The first-order valence-electron chi connectivity index (χ1n) is 6.12. The van der Waals surface area contributed by atoms with Crippen LogP contribution in [0.15, 0.2) is 18.3 Å². The molecule has 1 unspecified atom stereocenters. The van der Waals surface area contributed by atoms with Crippen molar-refractivity contribution in [3.05, 3.63) is 23.2 Å². The van der Waals surface area contributed by atoms with Crippen LogP contribution in [0.3, 0.4) is 0 Å². The van der Waals surface area contributed by atoms with Crippen molar-refractivity contribution < 1.29 is 9.90 Å². The van der Waals surface area contributed by atoms with Crippen LogP contribution in [0.25, 0.3) is 10.2 Å². The van der Waals surface area contributed by atoms with Gasteiger partial charge in [0.25, 0.3) is 5.91 Å². The van der Waals surface area contributed by atoms with Gasteiger partial charge >= 0.3 is 0 Å². The first kappa shape index (κ1) is 12.4. The maximum absolute atomic E-state index is 12.4. The molecule has 2 aromatic heterocycles. The molecule has 3 heterocycles. The number of nitrogens with two attached hydrogens (primary N) is 1. The lowest BCUT2D eigenvalue weighted by Crippen LogP contribution is -2.33. The number of likely N-dealkylation sites (tertiary alicyclic amines) is 1. The minimum absolute atomic E-state index is 0.113. The van der Waals surface area contributed by atoms with E-state index in [0.29, 0.717) is 30.1 Å². The molecule has 1 saturated heterocycles. The highest BCUT2D eigenvalue weighted by molar-refractivity contribution is 7.21. The first-order valence-corrected chi connectivity index (χ1v) is 6.94. The van der Waals surface area contributed by atoms with Gasteiger partial charge in [0.2, 0.25) is 0 Å². The summed E-state index contributed by atoms with van der Waals surface area (Å²) in [4.78, 5) is 19.6. The van der Waals surface area contributed by atoms with E-state index in [1.54, 1.807) is 24.1 Å². The Labute approximate surface area is 114 Å². The average Bonchev–Trinajstić information content (AvgIpc) is 2.90. The smallest absolute Gasteiger partial charge is 0.266 e. The Morgan fingerprint density at radius 3 is 3.05 bits per heavy atom. The predicted molar refractivity (Wildman–Crippen MR) is 75.2 cm³/mol. The van der Waals surface area contributed by atoms with E-state index in [1.807, 2.05) is 6.07 Å². The molecule has 100 valence electrons. The molecule has 3 N–H and O–H groups in total. The van der Waals surface area contributed by atoms with Crippen molar-refractivity contribution in [2.24, 2.45) is 0 Å². The first-order chi connectivity index (χ1) is 8.98. The third-order valence-corrected chi connectivity index (χ3v) is 4.56. The highest BCUT2D eigenvalue weighted by Gasteiger charge is 2.35. The van der Waals surface area contributed by atoms with Crippen molar-refractivity contribution in [1.82, 2.24) is 9.88 Å². The van der Waals surface area contributed by atoms with Crippen molar-refractivity contribution in [2.45, 2.75) is 18.9 Å². The monoisotopic (exact) mass is 277 g/mol. The van der Waals surface area contributed by atoms with Gasteiger partial charge in [-0.2, -0.15) is 0 Å². The topological polar surface area (TPSA) is 79.5 Å². The number of thiophene rings is 1. The maximum atomic E-state index is 12.4. The molecule has 0 bridgehead atoms. The zero-order valence-electron chi connectivity index (χ0n) is 10.6. The number of anilines is 1. The molecule has 0 aliphatic carbocycles. The summed E-state index contributed by atoms with van der Waals surface area (Å²) in [7, 11) is 0. The minimum Gasteiger partial charge on any atom is -0.397 e. The largest absolute Gasteiger partial charge is 0.397 e. The minimum atomic E-state index is -0.792. The molecule has 19 heavy (non-hydrogen) atoms. The molecule has 5 nitrogen and oxygen atoms in total. The van der Waals surface area contributed by atoms with Crippen LogP contribution in [0.1, 0.15) is 23.0 Å². The zero-order chi connectivity index (χ0) is 13.6. The molecular weight excluding hydrogens is 262 g/mol. The van der Waals surface area contributed by atoms with Crippen molar-refractivity contribution in [2.75, 3.05) is 18.8 Å². The molecule has 1 aliphatic heterocycles. The Bertz CT molecular complexity index is 650. The molecule has 0 saturated carbocycles. The number of hydrogen-bond acceptors (Lipinski definition) is 5. The van der Waals surface area contributed by atoms with Crippen molar-refractivity contribution >= 4 is 33.1 Å². The predicted octanol–water partition coefficient (Wildman–Crippen LogP) is 1.48. The van der Waals surface area contributed by atoms with E-state index in [1.165, 1.54) is 11.3 Å². The quantitative estimate of drug-likeness (QED) is 0.827. The molecule has 3 rings (SSSR count).